The van der Waals surface area contributed by atoms with Crippen molar-refractivity contribution in [3.8, 4) is 5.75 Å². The highest BCUT2D eigenvalue weighted by Gasteiger charge is 2.51. The first kappa shape index (κ1) is 30.9. The summed E-state index contributed by atoms with van der Waals surface area (Å²) in [7, 11) is 0. The highest BCUT2D eigenvalue weighted by Crippen LogP contribution is 2.30. The molecule has 1 fully saturated rings. The zero-order chi connectivity index (χ0) is 31.3. The van der Waals surface area contributed by atoms with Gasteiger partial charge in [-0.05, 0) is 41.5 Å². The summed E-state index contributed by atoms with van der Waals surface area (Å²) in [4.78, 5) is 72.8. The Kier molecular flexibility index (Phi) is 9.55. The molecule has 2 aromatic rings. The van der Waals surface area contributed by atoms with Gasteiger partial charge in [-0.15, -0.1) is 0 Å². The lowest BCUT2D eigenvalue weighted by molar-refractivity contribution is -0.385. The number of primary amides is 1. The molecule has 1 heterocycles. The summed E-state index contributed by atoms with van der Waals surface area (Å²) in [6.07, 6.45) is -1.58. The van der Waals surface area contributed by atoms with Crippen LogP contribution in [0.3, 0.4) is 0 Å². The van der Waals surface area contributed by atoms with Gasteiger partial charge in [0.25, 0.3) is 11.8 Å². The predicted octanol–water partition coefficient (Wildman–Crippen LogP) is -1.27. The third-order valence-corrected chi connectivity index (χ3v) is 7.27. The Morgan fingerprint density at radius 3 is 2.23 bits per heavy atom. The molecule has 1 aliphatic carbocycles. The van der Waals surface area contributed by atoms with Crippen molar-refractivity contribution >= 4 is 35.2 Å². The molecule has 1 aliphatic heterocycles. The molecule has 2 aliphatic rings. The Hall–Kier alpha value is -5.05. The van der Waals surface area contributed by atoms with E-state index in [-0.39, 0.29) is 36.9 Å². The van der Waals surface area contributed by atoms with Gasteiger partial charge in [0.05, 0.1) is 4.92 Å². The van der Waals surface area contributed by atoms with Gasteiger partial charge in [-0.2, -0.15) is 0 Å². The minimum Gasteiger partial charge on any atom is -0.502 e. The van der Waals surface area contributed by atoms with Crippen molar-refractivity contribution < 1.29 is 38.7 Å². The fourth-order valence-corrected chi connectivity index (χ4v) is 5.08. The van der Waals surface area contributed by atoms with Gasteiger partial charge < -0.3 is 36.8 Å². The lowest BCUT2D eigenvalue weighted by Crippen LogP contribution is -2.56. The van der Waals surface area contributed by atoms with E-state index in [9.17, 15) is 39.2 Å². The van der Waals surface area contributed by atoms with Crippen LogP contribution in [0, 0.1) is 16.0 Å². The number of nitrogens with zero attached hydrogens (tertiary/aromatic N) is 1. The lowest BCUT2D eigenvalue weighted by atomic mass is 9.95. The van der Waals surface area contributed by atoms with Crippen LogP contribution >= 0.6 is 0 Å². The number of aromatic hydroxyl groups is 1. The fourth-order valence-electron chi connectivity index (χ4n) is 5.08. The Morgan fingerprint density at radius 2 is 1.63 bits per heavy atom. The number of nitro benzene ring substituents is 1. The van der Waals surface area contributed by atoms with Crippen molar-refractivity contribution in [2.75, 3.05) is 13.1 Å². The maximum absolute atomic E-state index is 13.5. The van der Waals surface area contributed by atoms with Crippen LogP contribution < -0.4 is 27.0 Å². The van der Waals surface area contributed by atoms with Crippen LogP contribution in [0.2, 0.25) is 0 Å². The average Bonchev–Trinajstić information content (AvgIpc) is 3.65. The number of carbonyl (C=O) groups excluding carboxylic acids is 5. The van der Waals surface area contributed by atoms with E-state index in [0.29, 0.717) is 12.8 Å². The van der Waals surface area contributed by atoms with Gasteiger partial charge in [-0.3, -0.25) is 34.1 Å². The molecule has 1 unspecified atom stereocenters. The number of phenols is 1. The maximum atomic E-state index is 13.5. The lowest BCUT2D eigenvalue weighted by Gasteiger charge is -2.25. The summed E-state index contributed by atoms with van der Waals surface area (Å²) in [5.41, 5.74) is 7.37. The number of ether oxygens (including phenoxy) is 1. The van der Waals surface area contributed by atoms with Crippen LogP contribution in [0.1, 0.15) is 23.6 Å². The summed E-state index contributed by atoms with van der Waals surface area (Å²) in [5.74, 6) is -4.10. The molecule has 4 atom stereocenters. The Morgan fingerprint density at radius 1 is 1.00 bits per heavy atom. The third kappa shape index (κ3) is 7.82. The van der Waals surface area contributed by atoms with Gasteiger partial charge in [0.1, 0.15) is 12.1 Å². The minimum absolute atomic E-state index is 0.108. The number of benzene rings is 2. The van der Waals surface area contributed by atoms with Gasteiger partial charge in [0.15, 0.2) is 18.0 Å². The van der Waals surface area contributed by atoms with E-state index < -0.39 is 64.3 Å². The van der Waals surface area contributed by atoms with Crippen LogP contribution in [0.25, 0.3) is 0 Å². The van der Waals surface area contributed by atoms with Crippen molar-refractivity contribution in [1.82, 2.24) is 21.3 Å². The van der Waals surface area contributed by atoms with Crippen LogP contribution in [-0.4, -0.2) is 76.9 Å². The monoisotopic (exact) mass is 596 g/mol. The van der Waals surface area contributed by atoms with Crippen molar-refractivity contribution in [1.29, 1.82) is 0 Å². The largest absolute Gasteiger partial charge is 0.502 e. The predicted molar refractivity (Wildman–Crippen MR) is 149 cm³/mol. The van der Waals surface area contributed by atoms with E-state index in [1.165, 1.54) is 13.0 Å². The highest BCUT2D eigenvalue weighted by molar-refractivity contribution is 5.98. The number of hydrogen-bond acceptors (Lipinski definition) is 9. The molecule has 7 N–H and O–H groups in total. The molecule has 0 saturated carbocycles. The molecule has 0 bridgehead atoms. The van der Waals surface area contributed by atoms with E-state index in [1.54, 1.807) is 0 Å². The fraction of sp³-hybridized carbons (Fsp3) is 0.393. The van der Waals surface area contributed by atoms with E-state index in [1.807, 2.05) is 24.3 Å². The molecule has 0 radical (unpaired) electrons. The number of nitrogens with one attached hydrogen (secondary N) is 4. The number of carbonyl (C=O) groups is 5. The first-order valence-corrected chi connectivity index (χ1v) is 13.5. The van der Waals surface area contributed by atoms with E-state index in [0.717, 1.165) is 23.3 Å². The number of hydrogen-bond donors (Lipinski definition) is 6. The molecule has 43 heavy (non-hydrogen) atoms. The smallest absolute Gasteiger partial charge is 0.310 e. The summed E-state index contributed by atoms with van der Waals surface area (Å²) in [6.45, 7) is 1.61. The van der Waals surface area contributed by atoms with Gasteiger partial charge >= 0.3 is 5.69 Å². The molecule has 1 saturated heterocycles. The molecule has 4 rings (SSSR count). The zero-order valence-electron chi connectivity index (χ0n) is 23.2. The summed E-state index contributed by atoms with van der Waals surface area (Å²) in [6, 6.07) is 8.69. The molecule has 5 amide bonds. The minimum atomic E-state index is -1.35. The van der Waals surface area contributed by atoms with Gasteiger partial charge in [0, 0.05) is 32.5 Å². The second kappa shape index (κ2) is 13.3. The molecule has 2 aromatic carbocycles. The van der Waals surface area contributed by atoms with E-state index >= 15 is 0 Å². The van der Waals surface area contributed by atoms with Crippen molar-refractivity contribution in [3.05, 3.63) is 69.3 Å². The van der Waals surface area contributed by atoms with Gasteiger partial charge in [-0.25, -0.2) is 0 Å². The Balaban J connectivity index is 1.47. The Bertz CT molecular complexity index is 1420. The second-order valence-corrected chi connectivity index (χ2v) is 10.4. The molecule has 15 heteroatoms. The third-order valence-electron chi connectivity index (χ3n) is 7.27. The normalized spacial score (nSPS) is 18.4. The maximum Gasteiger partial charge on any atom is 0.310 e. The summed E-state index contributed by atoms with van der Waals surface area (Å²) < 4.78 is 5.21. The molecular formula is C28H32N6O9. The molecule has 15 nitrogen and oxygen atoms in total. The van der Waals surface area contributed by atoms with Crippen LogP contribution in [0.5, 0.6) is 5.75 Å². The highest BCUT2D eigenvalue weighted by atomic mass is 16.6. The standard InChI is InChI=1S/C28H32N6O9/c1-14(35)30-8-9-31-27(39)23-24(43-23)28(40)32-19(10-15-6-7-21(36)20(11-15)34(41)42)26(38)33-22(25(29)37)18-12-16-4-2-3-5-17(16)13-18/h2-7,11,18-19,22-24,36H,8-10,12-13H2,1H3,(H2,29,37)(H,30,35)(H,31,39)(H,32,40)(H,33,38)/t19-,22-,23+,24?/m1/s1. The molecule has 0 spiro atoms. The van der Waals surface area contributed by atoms with Crippen molar-refractivity contribution in [2.24, 2.45) is 11.7 Å². The van der Waals surface area contributed by atoms with Crippen molar-refractivity contribution in [2.45, 2.75) is 50.5 Å². The van der Waals surface area contributed by atoms with Gasteiger partial charge in [-0.1, -0.05) is 30.3 Å². The van der Waals surface area contributed by atoms with Crippen LogP contribution in [0.4, 0.5) is 5.69 Å². The number of epoxide rings is 1. The van der Waals surface area contributed by atoms with Crippen LogP contribution in [-0.2, 0) is 48.0 Å². The topological polar surface area (TPSA) is 235 Å². The van der Waals surface area contributed by atoms with Crippen LogP contribution in [0.15, 0.2) is 42.5 Å². The second-order valence-electron chi connectivity index (χ2n) is 10.4. The van der Waals surface area contributed by atoms with Gasteiger partial charge in [0.2, 0.25) is 17.7 Å². The first-order chi connectivity index (χ1) is 20.4. The number of phenolic OH excluding ortho intramolecular Hbond substituents is 1. The number of fused-ring (bicyclic) bond motifs is 1. The Labute approximate surface area is 245 Å². The number of amides is 5. The zero-order valence-corrected chi connectivity index (χ0v) is 23.2. The first-order valence-electron chi connectivity index (χ1n) is 13.5. The summed E-state index contributed by atoms with van der Waals surface area (Å²) in [5, 5.41) is 31.3. The van der Waals surface area contributed by atoms with E-state index in [2.05, 4.69) is 21.3 Å². The number of nitro groups is 1. The number of nitrogens with two attached hydrogens (primary N) is 1. The number of rotatable bonds is 13. The molecule has 228 valence electrons. The van der Waals surface area contributed by atoms with Crippen molar-refractivity contribution in [3.63, 3.8) is 0 Å². The summed E-state index contributed by atoms with van der Waals surface area (Å²) >= 11 is 0. The van der Waals surface area contributed by atoms with E-state index in [4.69, 9.17) is 10.5 Å². The molecular weight excluding hydrogens is 564 g/mol. The SMILES string of the molecule is CC(=O)NCCNC(=O)[C@H]1OC1C(=O)N[C@H](Cc1ccc(O)c([N+](=O)[O-])c1)C(=O)N[C@@H](C(N)=O)C1Cc2ccccc2C1. The average molecular weight is 597 g/mol. The molecule has 0 aromatic heterocycles. The quantitative estimate of drug-likeness (QED) is 0.0699.